The summed E-state index contributed by atoms with van der Waals surface area (Å²) in [4.78, 5) is 15.4. The molecule has 2 aliphatic rings. The van der Waals surface area contributed by atoms with Crippen LogP contribution in [0.15, 0.2) is 0 Å². The average Bonchev–Trinajstić information content (AvgIpc) is 2.91. The summed E-state index contributed by atoms with van der Waals surface area (Å²) in [6, 6.07) is 0.161. The van der Waals surface area contributed by atoms with Crippen molar-refractivity contribution in [3.63, 3.8) is 0 Å². The van der Waals surface area contributed by atoms with Gasteiger partial charge in [0.15, 0.2) is 0 Å². The summed E-state index contributed by atoms with van der Waals surface area (Å²) in [6.45, 7) is 5.31. The molecule has 2 fully saturated rings. The monoisotopic (exact) mass is 297 g/mol. The summed E-state index contributed by atoms with van der Waals surface area (Å²) in [6.07, 6.45) is 7.45. The van der Waals surface area contributed by atoms with Crippen LogP contribution < -0.4 is 11.1 Å². The van der Waals surface area contributed by atoms with Crippen molar-refractivity contribution in [1.29, 1.82) is 0 Å². The molecule has 1 aliphatic heterocycles. The summed E-state index contributed by atoms with van der Waals surface area (Å²) in [7, 11) is 0. The summed E-state index contributed by atoms with van der Waals surface area (Å²) in [5.74, 6) is 0.0522. The molecule has 0 bridgehead atoms. The van der Waals surface area contributed by atoms with Crippen LogP contribution in [-0.2, 0) is 4.79 Å². The van der Waals surface area contributed by atoms with E-state index in [4.69, 9.17) is 18.0 Å². The molecule has 114 valence electrons. The molecule has 1 aliphatic carbocycles. The summed E-state index contributed by atoms with van der Waals surface area (Å²) in [5.41, 5.74) is 5.31. The topological polar surface area (TPSA) is 58.4 Å². The third-order valence-corrected chi connectivity index (χ3v) is 5.11. The molecule has 1 saturated carbocycles. The van der Waals surface area contributed by atoms with Crippen LogP contribution in [0.3, 0.4) is 0 Å². The molecule has 4 nitrogen and oxygen atoms in total. The van der Waals surface area contributed by atoms with Crippen LogP contribution in [0.1, 0.15) is 51.9 Å². The van der Waals surface area contributed by atoms with Crippen LogP contribution in [0.4, 0.5) is 0 Å². The number of carbonyl (C=O) groups is 1. The molecule has 0 aromatic heterocycles. The average molecular weight is 297 g/mol. The smallest absolute Gasteiger partial charge is 0.233 e. The highest BCUT2D eigenvalue weighted by Gasteiger charge is 2.42. The first-order chi connectivity index (χ1) is 9.54. The Morgan fingerprint density at radius 2 is 1.85 bits per heavy atom. The lowest BCUT2D eigenvalue weighted by molar-refractivity contribution is -0.129. The van der Waals surface area contributed by atoms with E-state index in [1.54, 1.807) is 0 Å². The number of hydrogen-bond donors (Lipinski definition) is 2. The predicted octanol–water partition coefficient (Wildman–Crippen LogP) is 1.82. The fraction of sp³-hybridized carbons (Fsp3) is 0.867. The Labute approximate surface area is 127 Å². The van der Waals surface area contributed by atoms with E-state index < -0.39 is 5.41 Å². The van der Waals surface area contributed by atoms with E-state index in [0.717, 1.165) is 45.3 Å². The minimum absolute atomic E-state index is 0.0522. The number of nitrogens with two attached hydrogens (primary N) is 1. The van der Waals surface area contributed by atoms with Crippen LogP contribution in [0.5, 0.6) is 0 Å². The maximum atomic E-state index is 12.6. The molecule has 1 atom stereocenters. The van der Waals surface area contributed by atoms with Gasteiger partial charge in [-0.15, -0.1) is 0 Å². The van der Waals surface area contributed by atoms with Gasteiger partial charge in [-0.1, -0.05) is 31.5 Å². The van der Waals surface area contributed by atoms with Crippen LogP contribution in [0.2, 0.25) is 0 Å². The second kappa shape index (κ2) is 6.85. The first-order valence-electron chi connectivity index (χ1n) is 7.88. The van der Waals surface area contributed by atoms with Crippen molar-refractivity contribution in [2.75, 3.05) is 19.6 Å². The minimum Gasteiger partial charge on any atom is -0.392 e. The molecular weight excluding hydrogens is 270 g/mol. The third-order valence-electron chi connectivity index (χ3n) is 4.72. The molecular formula is C15H27N3OS. The molecule has 0 radical (unpaired) electrons. The van der Waals surface area contributed by atoms with Gasteiger partial charge in [-0.3, -0.25) is 4.79 Å². The van der Waals surface area contributed by atoms with Gasteiger partial charge in [0.2, 0.25) is 5.91 Å². The number of nitrogens with zero attached hydrogens (tertiary/aromatic N) is 1. The lowest BCUT2D eigenvalue weighted by Gasteiger charge is -2.36. The standard InChI is InChI=1S/C15H27N3OS/c1-12(11-18-9-5-6-10-18)17-14(19)15(13(16)20)7-3-2-4-8-15/h12H,2-11H2,1H3,(H2,16,20)(H,17,19). The molecule has 1 unspecified atom stereocenters. The van der Waals surface area contributed by atoms with Gasteiger partial charge in [0, 0.05) is 12.6 Å². The maximum absolute atomic E-state index is 12.6. The number of rotatable bonds is 5. The number of likely N-dealkylation sites (tertiary alicyclic amines) is 1. The van der Waals surface area contributed by atoms with Crippen molar-refractivity contribution >= 4 is 23.1 Å². The number of hydrogen-bond acceptors (Lipinski definition) is 3. The van der Waals surface area contributed by atoms with E-state index >= 15 is 0 Å². The fourth-order valence-electron chi connectivity index (χ4n) is 3.50. The van der Waals surface area contributed by atoms with Crippen molar-refractivity contribution in [1.82, 2.24) is 10.2 Å². The molecule has 1 amide bonds. The number of thiocarbonyl (C=S) groups is 1. The number of nitrogens with one attached hydrogen (secondary N) is 1. The van der Waals surface area contributed by atoms with E-state index in [1.807, 2.05) is 0 Å². The number of carbonyl (C=O) groups excluding carboxylic acids is 1. The van der Waals surface area contributed by atoms with Crippen molar-refractivity contribution < 1.29 is 4.79 Å². The lowest BCUT2D eigenvalue weighted by atomic mass is 9.73. The van der Waals surface area contributed by atoms with E-state index in [2.05, 4.69) is 17.1 Å². The van der Waals surface area contributed by atoms with E-state index in [-0.39, 0.29) is 11.9 Å². The number of amides is 1. The van der Waals surface area contributed by atoms with Crippen molar-refractivity contribution in [2.45, 2.75) is 57.9 Å². The van der Waals surface area contributed by atoms with Crippen LogP contribution >= 0.6 is 12.2 Å². The highest BCUT2D eigenvalue weighted by Crippen LogP contribution is 2.37. The second-order valence-electron chi connectivity index (χ2n) is 6.39. The third kappa shape index (κ3) is 3.50. The van der Waals surface area contributed by atoms with E-state index in [0.29, 0.717) is 4.99 Å². The summed E-state index contributed by atoms with van der Waals surface area (Å²) < 4.78 is 0. The predicted molar refractivity (Wildman–Crippen MR) is 85.6 cm³/mol. The minimum atomic E-state index is -0.590. The second-order valence-corrected chi connectivity index (χ2v) is 6.83. The van der Waals surface area contributed by atoms with E-state index in [9.17, 15) is 4.79 Å². The van der Waals surface area contributed by atoms with Gasteiger partial charge in [-0.2, -0.15) is 0 Å². The zero-order valence-electron chi connectivity index (χ0n) is 12.5. The Kier molecular flexibility index (Phi) is 5.38. The van der Waals surface area contributed by atoms with Gasteiger partial charge in [0.05, 0.1) is 10.4 Å². The van der Waals surface area contributed by atoms with Crippen LogP contribution in [-0.4, -0.2) is 41.5 Å². The van der Waals surface area contributed by atoms with Gasteiger partial charge in [-0.25, -0.2) is 0 Å². The summed E-state index contributed by atoms with van der Waals surface area (Å²) in [5, 5.41) is 3.15. The van der Waals surface area contributed by atoms with E-state index in [1.165, 1.54) is 19.3 Å². The zero-order valence-corrected chi connectivity index (χ0v) is 13.3. The Balaban J connectivity index is 1.92. The van der Waals surface area contributed by atoms with Crippen molar-refractivity contribution in [3.05, 3.63) is 0 Å². The van der Waals surface area contributed by atoms with Gasteiger partial charge >= 0.3 is 0 Å². The normalized spacial score (nSPS) is 24.2. The Morgan fingerprint density at radius 1 is 1.25 bits per heavy atom. The molecule has 0 aromatic carbocycles. The van der Waals surface area contributed by atoms with Crippen molar-refractivity contribution in [2.24, 2.45) is 11.1 Å². The molecule has 2 rings (SSSR count). The van der Waals surface area contributed by atoms with Gasteiger partial charge < -0.3 is 16.0 Å². The highest BCUT2D eigenvalue weighted by atomic mass is 32.1. The fourth-order valence-corrected chi connectivity index (χ4v) is 3.80. The molecule has 1 heterocycles. The summed E-state index contributed by atoms with van der Waals surface area (Å²) >= 11 is 5.21. The van der Waals surface area contributed by atoms with Crippen molar-refractivity contribution in [3.8, 4) is 0 Å². The van der Waals surface area contributed by atoms with Gasteiger partial charge in [0.1, 0.15) is 0 Å². The largest absolute Gasteiger partial charge is 0.392 e. The van der Waals surface area contributed by atoms with Crippen LogP contribution in [0, 0.1) is 5.41 Å². The first-order valence-corrected chi connectivity index (χ1v) is 8.29. The Hall–Kier alpha value is -0.680. The molecule has 3 N–H and O–H groups in total. The SMILES string of the molecule is CC(CN1CCCC1)NC(=O)C1(C(N)=S)CCCCC1. The molecule has 20 heavy (non-hydrogen) atoms. The molecule has 0 spiro atoms. The highest BCUT2D eigenvalue weighted by molar-refractivity contribution is 7.80. The van der Waals surface area contributed by atoms with Gasteiger partial charge in [0.25, 0.3) is 0 Å². The molecule has 1 saturated heterocycles. The molecule has 0 aromatic rings. The van der Waals surface area contributed by atoms with Crippen LogP contribution in [0.25, 0.3) is 0 Å². The maximum Gasteiger partial charge on any atom is 0.233 e. The molecule has 5 heteroatoms. The quantitative estimate of drug-likeness (QED) is 0.760. The Morgan fingerprint density at radius 3 is 2.40 bits per heavy atom. The van der Waals surface area contributed by atoms with Gasteiger partial charge in [-0.05, 0) is 45.7 Å². The lowest BCUT2D eigenvalue weighted by Crippen LogP contribution is -2.53. The Bertz CT molecular complexity index is 360. The first kappa shape index (κ1) is 15.7. The zero-order chi connectivity index (χ0) is 14.6.